The van der Waals surface area contributed by atoms with Crippen LogP contribution < -0.4 is 4.74 Å². The number of halogens is 1. The van der Waals surface area contributed by atoms with Crippen molar-refractivity contribution >= 4 is 11.0 Å². The number of rotatable bonds is 6. The Labute approximate surface area is 203 Å². The van der Waals surface area contributed by atoms with Crippen molar-refractivity contribution in [3.05, 3.63) is 88.7 Å². The fraction of sp³-hybridized carbons (Fsp3) is 0.250. The van der Waals surface area contributed by atoms with Crippen LogP contribution in [0.25, 0.3) is 28.2 Å². The molecule has 0 aliphatic carbocycles. The van der Waals surface area contributed by atoms with E-state index in [0.717, 1.165) is 22.2 Å². The van der Waals surface area contributed by atoms with E-state index < -0.39 is 0 Å². The van der Waals surface area contributed by atoms with Gasteiger partial charge < -0.3 is 9.15 Å². The van der Waals surface area contributed by atoms with E-state index in [9.17, 15) is 4.39 Å². The van der Waals surface area contributed by atoms with Gasteiger partial charge in [-0.25, -0.2) is 14.1 Å². The van der Waals surface area contributed by atoms with Gasteiger partial charge in [0, 0.05) is 17.0 Å². The summed E-state index contributed by atoms with van der Waals surface area (Å²) in [7, 11) is 0. The molecule has 5 rings (SSSR count). The molecule has 0 unspecified atom stereocenters. The molecular formula is C28H27FN4O2. The minimum Gasteiger partial charge on any atom is -0.471 e. The van der Waals surface area contributed by atoms with Crippen LogP contribution in [0.1, 0.15) is 48.0 Å². The lowest BCUT2D eigenvalue weighted by molar-refractivity contribution is 0.288. The molecule has 5 aromatic rings. The van der Waals surface area contributed by atoms with Crippen LogP contribution >= 0.6 is 0 Å². The Morgan fingerprint density at radius 1 is 1.00 bits per heavy atom. The average Bonchev–Trinajstić information content (AvgIpc) is 3.37. The van der Waals surface area contributed by atoms with Gasteiger partial charge in [0.2, 0.25) is 11.8 Å². The number of hydrogen-bond acceptors (Lipinski definition) is 5. The van der Waals surface area contributed by atoms with Gasteiger partial charge in [0.15, 0.2) is 5.65 Å². The molecule has 0 fully saturated rings. The zero-order valence-corrected chi connectivity index (χ0v) is 20.5. The predicted octanol–water partition coefficient (Wildman–Crippen LogP) is 6.84. The molecule has 0 saturated carbocycles. The van der Waals surface area contributed by atoms with E-state index in [4.69, 9.17) is 14.1 Å². The second-order valence-electron chi connectivity index (χ2n) is 9.04. The summed E-state index contributed by atoms with van der Waals surface area (Å²) in [6, 6.07) is 16.4. The predicted molar refractivity (Wildman–Crippen MR) is 133 cm³/mol. The van der Waals surface area contributed by atoms with E-state index >= 15 is 0 Å². The molecule has 0 radical (unpaired) electrons. The standard InChI is InChI=1S/C28H27FN4O2/c1-16(2)20-9-11-21(12-10-20)28-30-24(19(5)35-28)15-34-25-13-17(3)26-18(4)32-33(27(26)31-25)23-8-6-7-22(29)14-23/h6-14,16H,15H2,1-5H3. The van der Waals surface area contributed by atoms with Gasteiger partial charge in [0.05, 0.1) is 11.4 Å². The number of aryl methyl sites for hydroxylation is 3. The maximum Gasteiger partial charge on any atom is 0.226 e. The van der Waals surface area contributed by atoms with Crippen LogP contribution in [0.2, 0.25) is 0 Å². The van der Waals surface area contributed by atoms with E-state index in [1.54, 1.807) is 16.8 Å². The first-order valence-electron chi connectivity index (χ1n) is 11.6. The smallest absolute Gasteiger partial charge is 0.226 e. The lowest BCUT2D eigenvalue weighted by Gasteiger charge is -2.08. The summed E-state index contributed by atoms with van der Waals surface area (Å²) in [6.45, 7) is 10.3. The molecule has 178 valence electrons. The third-order valence-corrected chi connectivity index (χ3v) is 6.11. The Kier molecular flexibility index (Phi) is 5.84. The van der Waals surface area contributed by atoms with E-state index in [-0.39, 0.29) is 12.4 Å². The van der Waals surface area contributed by atoms with Crippen molar-refractivity contribution in [2.45, 2.75) is 47.1 Å². The molecule has 0 aliphatic heterocycles. The van der Waals surface area contributed by atoms with Gasteiger partial charge in [-0.15, -0.1) is 0 Å². The van der Waals surface area contributed by atoms with Crippen molar-refractivity contribution in [1.82, 2.24) is 19.7 Å². The number of pyridine rings is 1. The van der Waals surface area contributed by atoms with Crippen LogP contribution in [0.3, 0.4) is 0 Å². The summed E-state index contributed by atoms with van der Waals surface area (Å²) in [4.78, 5) is 9.35. The highest BCUT2D eigenvalue weighted by Gasteiger charge is 2.17. The largest absolute Gasteiger partial charge is 0.471 e. The second-order valence-corrected chi connectivity index (χ2v) is 9.04. The Balaban J connectivity index is 1.42. The minimum absolute atomic E-state index is 0.213. The Morgan fingerprint density at radius 3 is 2.49 bits per heavy atom. The third-order valence-electron chi connectivity index (χ3n) is 6.11. The number of hydrogen-bond donors (Lipinski definition) is 0. The van der Waals surface area contributed by atoms with Crippen molar-refractivity contribution < 1.29 is 13.5 Å². The van der Waals surface area contributed by atoms with E-state index in [1.165, 1.54) is 17.7 Å². The molecule has 0 bridgehead atoms. The number of aromatic nitrogens is 4. The number of benzene rings is 2. The van der Waals surface area contributed by atoms with Gasteiger partial charge >= 0.3 is 0 Å². The van der Waals surface area contributed by atoms with Crippen molar-refractivity contribution in [2.75, 3.05) is 0 Å². The Hall–Kier alpha value is -4.00. The quantitative estimate of drug-likeness (QED) is 0.272. The maximum atomic E-state index is 13.8. The van der Waals surface area contributed by atoms with Crippen molar-refractivity contribution in [3.8, 4) is 23.0 Å². The zero-order valence-electron chi connectivity index (χ0n) is 20.5. The minimum atomic E-state index is -0.330. The summed E-state index contributed by atoms with van der Waals surface area (Å²) < 4.78 is 27.4. The number of fused-ring (bicyclic) bond motifs is 1. The third kappa shape index (κ3) is 4.41. The van der Waals surface area contributed by atoms with E-state index in [0.29, 0.717) is 40.5 Å². The van der Waals surface area contributed by atoms with Crippen LogP contribution in [0, 0.1) is 26.6 Å². The highest BCUT2D eigenvalue weighted by Crippen LogP contribution is 2.28. The zero-order chi connectivity index (χ0) is 24.7. The first kappa shape index (κ1) is 22.8. The summed E-state index contributed by atoms with van der Waals surface area (Å²) in [6.07, 6.45) is 0. The van der Waals surface area contributed by atoms with Crippen molar-refractivity contribution in [3.63, 3.8) is 0 Å². The van der Waals surface area contributed by atoms with Crippen molar-refractivity contribution in [1.29, 1.82) is 0 Å². The van der Waals surface area contributed by atoms with Gasteiger partial charge in [-0.2, -0.15) is 10.1 Å². The van der Waals surface area contributed by atoms with Gasteiger partial charge in [-0.1, -0.05) is 32.0 Å². The van der Waals surface area contributed by atoms with E-state index in [1.807, 2.05) is 39.0 Å². The molecule has 0 atom stereocenters. The Morgan fingerprint density at radius 2 is 1.77 bits per heavy atom. The van der Waals surface area contributed by atoms with Crippen LogP contribution in [0.4, 0.5) is 4.39 Å². The molecular weight excluding hydrogens is 443 g/mol. The topological polar surface area (TPSA) is 66.0 Å². The molecule has 6 nitrogen and oxygen atoms in total. The summed E-state index contributed by atoms with van der Waals surface area (Å²) in [5.41, 5.74) is 5.92. The van der Waals surface area contributed by atoms with Crippen LogP contribution in [0.15, 0.2) is 59.0 Å². The van der Waals surface area contributed by atoms with Gasteiger partial charge in [-0.05, 0) is 68.1 Å². The highest BCUT2D eigenvalue weighted by atomic mass is 19.1. The summed E-state index contributed by atoms with van der Waals surface area (Å²) in [5, 5.41) is 5.52. The van der Waals surface area contributed by atoms with Gasteiger partial charge in [0.1, 0.15) is 23.9 Å². The number of ether oxygens (including phenoxy) is 1. The molecule has 2 aromatic carbocycles. The number of oxazole rings is 1. The molecule has 0 N–H and O–H groups in total. The fourth-order valence-electron chi connectivity index (χ4n) is 4.17. The molecule has 0 amide bonds. The first-order valence-corrected chi connectivity index (χ1v) is 11.6. The van der Waals surface area contributed by atoms with E-state index in [2.05, 4.69) is 36.1 Å². The average molecular weight is 471 g/mol. The lowest BCUT2D eigenvalue weighted by Crippen LogP contribution is -2.02. The van der Waals surface area contributed by atoms with Crippen molar-refractivity contribution in [2.24, 2.45) is 0 Å². The SMILES string of the molecule is Cc1oc(-c2ccc(C(C)C)cc2)nc1COc1cc(C)c2c(C)nn(-c3cccc(F)c3)c2n1. The van der Waals surface area contributed by atoms with Gasteiger partial charge in [-0.3, -0.25) is 0 Å². The lowest BCUT2D eigenvalue weighted by atomic mass is 10.0. The number of nitrogens with zero attached hydrogens (tertiary/aromatic N) is 4. The second kappa shape index (κ2) is 8.98. The Bertz CT molecular complexity index is 1520. The first-order chi connectivity index (χ1) is 16.8. The molecule has 0 spiro atoms. The summed E-state index contributed by atoms with van der Waals surface area (Å²) >= 11 is 0. The fourth-order valence-corrected chi connectivity index (χ4v) is 4.17. The maximum absolute atomic E-state index is 13.8. The molecule has 35 heavy (non-hydrogen) atoms. The molecule has 7 heteroatoms. The van der Waals surface area contributed by atoms with Crippen LogP contribution in [-0.2, 0) is 6.61 Å². The van der Waals surface area contributed by atoms with Gasteiger partial charge in [0.25, 0.3) is 0 Å². The van der Waals surface area contributed by atoms with Crippen LogP contribution in [0.5, 0.6) is 5.88 Å². The molecule has 3 aromatic heterocycles. The normalized spacial score (nSPS) is 11.5. The van der Waals surface area contributed by atoms with Crippen LogP contribution in [-0.4, -0.2) is 19.7 Å². The summed E-state index contributed by atoms with van der Waals surface area (Å²) in [5.74, 6) is 1.85. The molecule has 0 saturated heterocycles. The monoisotopic (exact) mass is 470 g/mol. The molecule has 0 aliphatic rings. The highest BCUT2D eigenvalue weighted by molar-refractivity contribution is 5.84. The molecule has 3 heterocycles.